The average molecular weight is 271 g/mol. The second-order valence-corrected chi connectivity index (χ2v) is 5.77. The van der Waals surface area contributed by atoms with Crippen LogP contribution in [0, 0.1) is 6.92 Å². The molecule has 0 radical (unpaired) electrons. The van der Waals surface area contributed by atoms with Crippen molar-refractivity contribution in [2.24, 2.45) is 0 Å². The lowest BCUT2D eigenvalue weighted by atomic mass is 10.2. The lowest BCUT2D eigenvalue weighted by Gasteiger charge is -1.99. The molecule has 1 aromatic heterocycles. The van der Waals surface area contributed by atoms with E-state index in [1.54, 1.807) is 24.3 Å². The van der Waals surface area contributed by atoms with Crippen LogP contribution in [0.15, 0.2) is 28.6 Å². The van der Waals surface area contributed by atoms with Gasteiger partial charge in [-0.2, -0.15) is 0 Å². The van der Waals surface area contributed by atoms with Crippen LogP contribution < -0.4 is 0 Å². The molecule has 82 valence electrons. The van der Waals surface area contributed by atoms with E-state index in [9.17, 15) is 4.79 Å². The molecule has 3 nitrogen and oxygen atoms in total. The second-order valence-electron chi connectivity index (χ2n) is 2.96. The van der Waals surface area contributed by atoms with Crippen molar-refractivity contribution in [2.45, 2.75) is 11.3 Å². The molecular weight excluding hydrogens is 264 g/mol. The highest BCUT2D eigenvalue weighted by Gasteiger charge is 2.13. The number of carbonyl (C=O) groups is 1. The predicted molar refractivity (Wildman–Crippen MR) is 66.3 cm³/mol. The Labute approximate surface area is 106 Å². The van der Waals surface area contributed by atoms with Gasteiger partial charge in [0.2, 0.25) is 5.12 Å². The van der Waals surface area contributed by atoms with E-state index < -0.39 is 0 Å². The number of thioether (sulfide) groups is 1. The van der Waals surface area contributed by atoms with Crippen LogP contribution in [0.2, 0.25) is 5.02 Å². The first-order valence-electron chi connectivity index (χ1n) is 4.43. The van der Waals surface area contributed by atoms with Gasteiger partial charge in [0.25, 0.3) is 0 Å². The molecule has 0 saturated carbocycles. The number of carbonyl (C=O) groups excluding carboxylic acids is 1. The largest absolute Gasteiger partial charge is 0.281 e. The van der Waals surface area contributed by atoms with Crippen LogP contribution in [-0.2, 0) is 0 Å². The topological polar surface area (TPSA) is 42.9 Å². The zero-order valence-electron chi connectivity index (χ0n) is 8.31. The molecule has 0 aliphatic rings. The van der Waals surface area contributed by atoms with E-state index in [-0.39, 0.29) is 5.12 Å². The molecular formula is C10H7ClN2OS2. The summed E-state index contributed by atoms with van der Waals surface area (Å²) in [5, 5.41) is 8.92. The standard InChI is InChI=1S/C10H7ClN2OS2/c1-6-12-13-10(15-6)16-9(14)7-4-2-3-5-8(7)11/h2-5H,1H3. The highest BCUT2D eigenvalue weighted by molar-refractivity contribution is 8.15. The second kappa shape index (κ2) is 4.95. The number of halogens is 1. The Morgan fingerprint density at radius 1 is 1.38 bits per heavy atom. The molecule has 0 N–H and O–H groups in total. The summed E-state index contributed by atoms with van der Waals surface area (Å²) in [6.07, 6.45) is 0. The van der Waals surface area contributed by atoms with E-state index in [0.29, 0.717) is 14.9 Å². The number of nitrogens with zero attached hydrogens (tertiary/aromatic N) is 2. The number of aryl methyl sites for hydroxylation is 1. The summed E-state index contributed by atoms with van der Waals surface area (Å²) in [7, 11) is 0. The lowest BCUT2D eigenvalue weighted by molar-refractivity contribution is 0.108. The van der Waals surface area contributed by atoms with Gasteiger partial charge in [-0.25, -0.2) is 0 Å². The highest BCUT2D eigenvalue weighted by atomic mass is 35.5. The van der Waals surface area contributed by atoms with Gasteiger partial charge in [-0.1, -0.05) is 35.1 Å². The lowest BCUT2D eigenvalue weighted by Crippen LogP contribution is -1.93. The molecule has 0 aliphatic heterocycles. The van der Waals surface area contributed by atoms with Crippen molar-refractivity contribution in [3.63, 3.8) is 0 Å². The minimum atomic E-state index is -0.109. The maximum atomic E-state index is 11.9. The first-order valence-corrected chi connectivity index (χ1v) is 6.45. The number of hydrogen-bond donors (Lipinski definition) is 0. The van der Waals surface area contributed by atoms with Crippen LogP contribution in [0.5, 0.6) is 0 Å². The van der Waals surface area contributed by atoms with E-state index in [1.165, 1.54) is 11.3 Å². The fourth-order valence-corrected chi connectivity index (χ4v) is 3.06. The minimum Gasteiger partial charge on any atom is -0.281 e. The first-order chi connectivity index (χ1) is 7.66. The molecule has 0 amide bonds. The maximum absolute atomic E-state index is 11.9. The number of aromatic nitrogens is 2. The summed E-state index contributed by atoms with van der Waals surface area (Å²) in [6, 6.07) is 6.97. The van der Waals surface area contributed by atoms with E-state index >= 15 is 0 Å². The van der Waals surface area contributed by atoms with Crippen LogP contribution in [0.4, 0.5) is 0 Å². The summed E-state index contributed by atoms with van der Waals surface area (Å²) in [4.78, 5) is 11.9. The van der Waals surface area contributed by atoms with Gasteiger partial charge < -0.3 is 0 Å². The van der Waals surface area contributed by atoms with Crippen molar-refractivity contribution >= 4 is 39.8 Å². The molecule has 0 unspecified atom stereocenters. The van der Waals surface area contributed by atoms with Gasteiger partial charge in [0.1, 0.15) is 5.01 Å². The number of hydrogen-bond acceptors (Lipinski definition) is 5. The molecule has 2 rings (SSSR count). The summed E-state index contributed by atoms with van der Waals surface area (Å²) < 4.78 is 0.641. The van der Waals surface area contributed by atoms with E-state index in [4.69, 9.17) is 11.6 Å². The summed E-state index contributed by atoms with van der Waals surface area (Å²) in [5.74, 6) is 0. The van der Waals surface area contributed by atoms with Crippen LogP contribution in [0.3, 0.4) is 0 Å². The summed E-state index contributed by atoms with van der Waals surface area (Å²) in [5.41, 5.74) is 0.502. The minimum absolute atomic E-state index is 0.109. The van der Waals surface area contributed by atoms with Gasteiger partial charge in [-0.15, -0.1) is 10.2 Å². The molecule has 0 aliphatic carbocycles. The van der Waals surface area contributed by atoms with Gasteiger partial charge in [0, 0.05) is 5.56 Å². The fraction of sp³-hybridized carbons (Fsp3) is 0.100. The number of benzene rings is 1. The summed E-state index contributed by atoms with van der Waals surface area (Å²) in [6.45, 7) is 1.85. The molecule has 6 heteroatoms. The first kappa shape index (κ1) is 11.6. The third-order valence-electron chi connectivity index (χ3n) is 1.78. The van der Waals surface area contributed by atoms with Crippen molar-refractivity contribution in [1.82, 2.24) is 10.2 Å². The Hall–Kier alpha value is -0.910. The number of rotatable bonds is 2. The van der Waals surface area contributed by atoms with Crippen molar-refractivity contribution in [3.8, 4) is 0 Å². The van der Waals surface area contributed by atoms with Gasteiger partial charge >= 0.3 is 0 Å². The van der Waals surface area contributed by atoms with Crippen molar-refractivity contribution in [3.05, 3.63) is 39.9 Å². The molecule has 0 bridgehead atoms. The maximum Gasteiger partial charge on any atom is 0.227 e. The predicted octanol–water partition coefficient (Wildman–Crippen LogP) is 3.43. The molecule has 0 atom stereocenters. The molecule has 1 heterocycles. The average Bonchev–Trinajstić information content (AvgIpc) is 2.64. The van der Waals surface area contributed by atoms with Crippen LogP contribution in [0.25, 0.3) is 0 Å². The Morgan fingerprint density at radius 3 is 2.75 bits per heavy atom. The third kappa shape index (κ3) is 2.61. The van der Waals surface area contributed by atoms with E-state index in [0.717, 1.165) is 16.8 Å². The Morgan fingerprint density at radius 2 is 2.12 bits per heavy atom. The van der Waals surface area contributed by atoms with Crippen molar-refractivity contribution in [2.75, 3.05) is 0 Å². The smallest absolute Gasteiger partial charge is 0.227 e. The third-order valence-corrected chi connectivity index (χ3v) is 3.91. The zero-order valence-corrected chi connectivity index (χ0v) is 10.7. The van der Waals surface area contributed by atoms with Crippen LogP contribution in [-0.4, -0.2) is 15.3 Å². The summed E-state index contributed by atoms with van der Waals surface area (Å²) >= 11 is 8.37. The van der Waals surface area contributed by atoms with Gasteiger partial charge in [0.15, 0.2) is 4.34 Å². The Kier molecular flexibility index (Phi) is 3.58. The zero-order chi connectivity index (χ0) is 11.5. The molecule has 1 aromatic carbocycles. The molecule has 16 heavy (non-hydrogen) atoms. The molecule has 0 fully saturated rings. The fourth-order valence-electron chi connectivity index (χ4n) is 1.08. The molecule has 0 spiro atoms. The highest BCUT2D eigenvalue weighted by Crippen LogP contribution is 2.28. The van der Waals surface area contributed by atoms with Crippen LogP contribution in [0.1, 0.15) is 15.4 Å². The van der Waals surface area contributed by atoms with Gasteiger partial charge in [-0.3, -0.25) is 4.79 Å². The Balaban J connectivity index is 2.18. The van der Waals surface area contributed by atoms with Crippen molar-refractivity contribution < 1.29 is 4.79 Å². The van der Waals surface area contributed by atoms with E-state index in [1.807, 2.05) is 6.92 Å². The van der Waals surface area contributed by atoms with Crippen molar-refractivity contribution in [1.29, 1.82) is 0 Å². The quantitative estimate of drug-likeness (QED) is 0.784. The Bertz CT molecular complexity index is 527. The SMILES string of the molecule is Cc1nnc(SC(=O)c2ccccc2Cl)s1. The molecule has 2 aromatic rings. The van der Waals surface area contributed by atoms with E-state index in [2.05, 4.69) is 10.2 Å². The van der Waals surface area contributed by atoms with Gasteiger partial charge in [-0.05, 0) is 30.8 Å². The van der Waals surface area contributed by atoms with Gasteiger partial charge in [0.05, 0.1) is 5.02 Å². The monoisotopic (exact) mass is 270 g/mol. The molecule has 0 saturated heterocycles. The van der Waals surface area contributed by atoms with Crippen LogP contribution >= 0.6 is 34.7 Å². The normalized spacial score (nSPS) is 10.4.